The molecule has 0 atom stereocenters. The van der Waals surface area contributed by atoms with Crippen LogP contribution >= 0.6 is 11.8 Å². The fraction of sp³-hybridized carbons (Fsp3) is 0.222. The van der Waals surface area contributed by atoms with E-state index >= 15 is 0 Å². The number of thioether (sulfide) groups is 1. The lowest BCUT2D eigenvalue weighted by Crippen LogP contribution is -2.23. The maximum atomic E-state index is 12.6. The number of nitrogens with one attached hydrogen (secondary N) is 1. The van der Waals surface area contributed by atoms with Crippen molar-refractivity contribution in [3.8, 4) is 17.1 Å². The summed E-state index contributed by atoms with van der Waals surface area (Å²) in [6, 6.07) is 21.3. The summed E-state index contributed by atoms with van der Waals surface area (Å²) in [5.74, 6) is 1.55. The predicted molar refractivity (Wildman–Crippen MR) is 141 cm³/mol. The van der Waals surface area contributed by atoms with Gasteiger partial charge in [-0.05, 0) is 55.3 Å². The van der Waals surface area contributed by atoms with Gasteiger partial charge >= 0.3 is 0 Å². The molecule has 36 heavy (non-hydrogen) atoms. The molecule has 1 aliphatic rings. The molecule has 0 bridgehead atoms. The number of para-hydroxylation sites is 1. The first-order valence-corrected chi connectivity index (χ1v) is 12.9. The summed E-state index contributed by atoms with van der Waals surface area (Å²) in [5.41, 5.74) is 3.45. The first-order valence-electron chi connectivity index (χ1n) is 11.9. The molecule has 0 spiro atoms. The van der Waals surface area contributed by atoms with Gasteiger partial charge in [0.25, 0.3) is 0 Å². The van der Waals surface area contributed by atoms with Crippen LogP contribution in [0.1, 0.15) is 25.7 Å². The quantitative estimate of drug-likeness (QED) is 0.259. The molecule has 182 valence electrons. The first kappa shape index (κ1) is 23.7. The van der Waals surface area contributed by atoms with Crippen molar-refractivity contribution in [3.05, 3.63) is 79.1 Å². The highest BCUT2D eigenvalue weighted by molar-refractivity contribution is 7.99. The van der Waals surface area contributed by atoms with Gasteiger partial charge in [-0.1, -0.05) is 36.0 Å². The number of anilines is 2. The van der Waals surface area contributed by atoms with Crippen LogP contribution in [-0.2, 0) is 9.59 Å². The number of hydrogen-bond donors (Lipinski definition) is 1. The van der Waals surface area contributed by atoms with Gasteiger partial charge < -0.3 is 10.2 Å². The van der Waals surface area contributed by atoms with Gasteiger partial charge in [0.2, 0.25) is 11.8 Å². The Kier molecular flexibility index (Phi) is 7.37. The van der Waals surface area contributed by atoms with E-state index in [2.05, 4.69) is 20.5 Å². The Balaban J connectivity index is 1.20. The summed E-state index contributed by atoms with van der Waals surface area (Å²) in [6.07, 6.45) is 6.00. The largest absolute Gasteiger partial charge is 0.326 e. The Bertz CT molecular complexity index is 1340. The van der Waals surface area contributed by atoms with Gasteiger partial charge in [0, 0.05) is 60.2 Å². The van der Waals surface area contributed by atoms with Crippen molar-refractivity contribution in [1.29, 1.82) is 0 Å². The molecule has 0 unspecified atom stereocenters. The van der Waals surface area contributed by atoms with E-state index in [9.17, 15) is 9.59 Å². The van der Waals surface area contributed by atoms with Crippen LogP contribution in [0.25, 0.3) is 17.1 Å². The minimum Gasteiger partial charge on any atom is -0.326 e. The normalized spacial score (nSPS) is 13.2. The Morgan fingerprint density at radius 3 is 2.56 bits per heavy atom. The second-order valence-electron chi connectivity index (χ2n) is 8.41. The van der Waals surface area contributed by atoms with Gasteiger partial charge in [-0.3, -0.25) is 19.1 Å². The predicted octanol–water partition coefficient (Wildman–Crippen LogP) is 4.97. The molecule has 4 aromatic rings. The lowest BCUT2D eigenvalue weighted by molar-refractivity contribution is -0.117. The third-order valence-electron chi connectivity index (χ3n) is 5.88. The fourth-order valence-corrected chi connectivity index (χ4v) is 5.04. The van der Waals surface area contributed by atoms with E-state index in [1.807, 2.05) is 71.3 Å². The number of carbonyl (C=O) groups is 2. The van der Waals surface area contributed by atoms with E-state index < -0.39 is 0 Å². The molecule has 0 saturated carbocycles. The summed E-state index contributed by atoms with van der Waals surface area (Å²) in [6.45, 7) is 0.726. The number of carbonyl (C=O) groups excluding carboxylic acids is 2. The van der Waals surface area contributed by atoms with E-state index in [1.165, 1.54) is 0 Å². The summed E-state index contributed by atoms with van der Waals surface area (Å²) in [5, 5.41) is 12.6. The van der Waals surface area contributed by atoms with Crippen molar-refractivity contribution >= 4 is 35.0 Å². The minimum absolute atomic E-state index is 0.0532. The van der Waals surface area contributed by atoms with Gasteiger partial charge in [-0.25, -0.2) is 0 Å². The summed E-state index contributed by atoms with van der Waals surface area (Å²) in [7, 11) is 0. The van der Waals surface area contributed by atoms with Crippen LogP contribution in [0.3, 0.4) is 0 Å². The average molecular weight is 499 g/mol. The zero-order chi connectivity index (χ0) is 24.7. The minimum atomic E-state index is -0.0532. The number of hydrogen-bond acceptors (Lipinski definition) is 6. The van der Waals surface area contributed by atoms with Crippen LogP contribution in [0, 0.1) is 0 Å². The number of rotatable bonds is 9. The summed E-state index contributed by atoms with van der Waals surface area (Å²) < 4.78 is 2.03. The van der Waals surface area contributed by atoms with Crippen molar-refractivity contribution in [2.75, 3.05) is 22.5 Å². The van der Waals surface area contributed by atoms with Crippen LogP contribution in [0.4, 0.5) is 11.4 Å². The Morgan fingerprint density at radius 1 is 0.972 bits per heavy atom. The van der Waals surface area contributed by atoms with Crippen molar-refractivity contribution < 1.29 is 9.59 Å². The highest BCUT2D eigenvalue weighted by atomic mass is 32.2. The zero-order valence-corrected chi connectivity index (χ0v) is 20.5. The number of aromatic nitrogens is 4. The zero-order valence-electron chi connectivity index (χ0n) is 19.7. The SMILES string of the molecule is O=C(CCCSc1nnc(-c2ccncc2)n1-c1ccccc1)Nc1cccc(N2CCCC2=O)c1. The fourth-order valence-electron chi connectivity index (χ4n) is 4.15. The van der Waals surface area contributed by atoms with E-state index in [1.54, 1.807) is 29.1 Å². The number of amides is 2. The smallest absolute Gasteiger partial charge is 0.227 e. The Hall–Kier alpha value is -3.98. The molecular formula is C27H26N6O2S. The van der Waals surface area contributed by atoms with Crippen LogP contribution in [0.2, 0.25) is 0 Å². The lowest BCUT2D eigenvalue weighted by atomic mass is 10.2. The molecule has 1 N–H and O–H groups in total. The second-order valence-corrected chi connectivity index (χ2v) is 9.47. The molecule has 5 rings (SSSR count). The lowest BCUT2D eigenvalue weighted by Gasteiger charge is -2.16. The highest BCUT2D eigenvalue weighted by Gasteiger charge is 2.22. The molecule has 1 aliphatic heterocycles. The van der Waals surface area contributed by atoms with Gasteiger partial charge in [-0.2, -0.15) is 0 Å². The average Bonchev–Trinajstić information content (AvgIpc) is 3.54. The van der Waals surface area contributed by atoms with Crippen LogP contribution < -0.4 is 10.2 Å². The van der Waals surface area contributed by atoms with Crippen LogP contribution in [0.15, 0.2) is 84.3 Å². The second kappa shape index (κ2) is 11.2. The molecule has 2 amide bonds. The third kappa shape index (κ3) is 5.46. The summed E-state index contributed by atoms with van der Waals surface area (Å²) >= 11 is 1.57. The standard InChI is InChI=1S/C27H26N6O2S/c34-24(29-21-7-4-10-23(19-21)32-17-5-12-25(32)35)11-6-18-36-27-31-30-26(20-13-15-28-16-14-20)33(27)22-8-2-1-3-9-22/h1-4,7-10,13-16,19H,5-6,11-12,17-18H2,(H,29,34). The molecule has 0 aliphatic carbocycles. The van der Waals surface area contributed by atoms with E-state index in [0.29, 0.717) is 24.9 Å². The van der Waals surface area contributed by atoms with Gasteiger partial charge in [0.1, 0.15) is 0 Å². The number of benzene rings is 2. The van der Waals surface area contributed by atoms with Gasteiger partial charge in [-0.15, -0.1) is 10.2 Å². The maximum Gasteiger partial charge on any atom is 0.227 e. The van der Waals surface area contributed by atoms with E-state index in [-0.39, 0.29) is 11.8 Å². The molecule has 1 fully saturated rings. The number of nitrogens with zero attached hydrogens (tertiary/aromatic N) is 5. The van der Waals surface area contributed by atoms with Gasteiger partial charge in [0.15, 0.2) is 11.0 Å². The van der Waals surface area contributed by atoms with Crippen molar-refractivity contribution in [1.82, 2.24) is 19.7 Å². The van der Waals surface area contributed by atoms with Crippen LogP contribution in [-0.4, -0.2) is 43.9 Å². The maximum absolute atomic E-state index is 12.6. The molecule has 0 radical (unpaired) electrons. The van der Waals surface area contributed by atoms with Crippen molar-refractivity contribution in [3.63, 3.8) is 0 Å². The molecule has 3 heterocycles. The molecule has 8 nitrogen and oxygen atoms in total. The molecule has 2 aromatic heterocycles. The van der Waals surface area contributed by atoms with E-state index in [4.69, 9.17) is 0 Å². The first-order chi connectivity index (χ1) is 17.7. The molecule has 2 aromatic carbocycles. The highest BCUT2D eigenvalue weighted by Crippen LogP contribution is 2.28. The van der Waals surface area contributed by atoms with Crippen LogP contribution in [0.5, 0.6) is 0 Å². The molecule has 9 heteroatoms. The topological polar surface area (TPSA) is 93.0 Å². The van der Waals surface area contributed by atoms with Crippen molar-refractivity contribution in [2.45, 2.75) is 30.8 Å². The van der Waals surface area contributed by atoms with Crippen molar-refractivity contribution in [2.24, 2.45) is 0 Å². The monoisotopic (exact) mass is 498 g/mol. The number of pyridine rings is 1. The van der Waals surface area contributed by atoms with E-state index in [0.717, 1.165) is 46.6 Å². The molecular weight excluding hydrogens is 472 g/mol. The Morgan fingerprint density at radius 2 is 1.78 bits per heavy atom. The summed E-state index contributed by atoms with van der Waals surface area (Å²) in [4.78, 5) is 30.4. The third-order valence-corrected chi connectivity index (χ3v) is 6.90. The molecule has 1 saturated heterocycles. The Labute approximate surface area is 213 Å². The van der Waals surface area contributed by atoms with Gasteiger partial charge in [0.05, 0.1) is 0 Å².